The molecule has 0 aromatic heterocycles. The van der Waals surface area contributed by atoms with Gasteiger partial charge in [-0.2, -0.15) is 0 Å². The van der Waals surface area contributed by atoms with Crippen molar-refractivity contribution in [1.29, 1.82) is 0 Å². The van der Waals surface area contributed by atoms with Crippen molar-refractivity contribution in [2.75, 3.05) is 5.32 Å². The molecule has 2 heteroatoms. The molecule has 0 amide bonds. The lowest BCUT2D eigenvalue weighted by Gasteiger charge is -2.09. The molecule has 0 atom stereocenters. The third kappa shape index (κ3) is 2.60. The first-order valence-electron chi connectivity index (χ1n) is 5.29. The van der Waals surface area contributed by atoms with E-state index in [0.29, 0.717) is 6.54 Å². The fourth-order valence-corrected chi connectivity index (χ4v) is 1.58. The van der Waals surface area contributed by atoms with E-state index >= 15 is 0 Å². The third-order valence-electron chi connectivity index (χ3n) is 2.53. The number of rotatable bonds is 3. The normalized spacial score (nSPS) is 10.1. The number of anilines is 1. The number of halogens is 1. The van der Waals surface area contributed by atoms with Gasteiger partial charge in [0.05, 0.1) is 0 Å². The molecule has 0 saturated carbocycles. The summed E-state index contributed by atoms with van der Waals surface area (Å²) >= 11 is 0. The summed E-state index contributed by atoms with van der Waals surface area (Å²) in [6.45, 7) is 2.68. The van der Waals surface area contributed by atoms with E-state index in [2.05, 4.69) is 5.32 Å². The number of aryl methyl sites for hydroxylation is 1. The molecule has 0 saturated heterocycles. The van der Waals surface area contributed by atoms with Gasteiger partial charge in [-0.1, -0.05) is 36.4 Å². The number of hydrogen-bond donors (Lipinski definition) is 1. The second-order valence-corrected chi connectivity index (χ2v) is 3.80. The molecule has 0 aliphatic heterocycles. The van der Waals surface area contributed by atoms with Crippen molar-refractivity contribution in [2.24, 2.45) is 0 Å². The van der Waals surface area contributed by atoms with Crippen molar-refractivity contribution in [1.82, 2.24) is 0 Å². The molecule has 1 nitrogen and oxygen atoms in total. The molecule has 0 spiro atoms. The minimum atomic E-state index is -0.207. The quantitative estimate of drug-likeness (QED) is 0.822. The van der Waals surface area contributed by atoms with E-state index in [4.69, 9.17) is 0 Å². The van der Waals surface area contributed by atoms with E-state index in [1.165, 1.54) is 17.7 Å². The maximum atomic E-state index is 13.0. The van der Waals surface area contributed by atoms with Gasteiger partial charge in [0, 0.05) is 12.2 Å². The molecule has 0 unspecified atom stereocenters. The van der Waals surface area contributed by atoms with E-state index in [1.807, 2.05) is 37.3 Å². The van der Waals surface area contributed by atoms with Gasteiger partial charge in [-0.15, -0.1) is 0 Å². The zero-order valence-electron chi connectivity index (χ0n) is 9.20. The first kappa shape index (κ1) is 10.7. The molecule has 0 aliphatic carbocycles. The van der Waals surface area contributed by atoms with Crippen LogP contribution in [0, 0.1) is 12.7 Å². The van der Waals surface area contributed by atoms with Gasteiger partial charge in [0.2, 0.25) is 0 Å². The Morgan fingerprint density at radius 1 is 1.06 bits per heavy atom. The Bertz CT molecular complexity index is 465. The van der Waals surface area contributed by atoms with Crippen molar-refractivity contribution >= 4 is 5.69 Å². The number of benzene rings is 2. The molecule has 0 bridgehead atoms. The zero-order valence-corrected chi connectivity index (χ0v) is 9.20. The first-order valence-corrected chi connectivity index (χ1v) is 5.29. The van der Waals surface area contributed by atoms with Crippen molar-refractivity contribution in [3.63, 3.8) is 0 Å². The molecule has 2 aromatic rings. The highest BCUT2D eigenvalue weighted by Gasteiger charge is 1.99. The van der Waals surface area contributed by atoms with Crippen LogP contribution in [0.1, 0.15) is 11.1 Å². The Hall–Kier alpha value is -1.83. The Labute approximate surface area is 94.9 Å². The third-order valence-corrected chi connectivity index (χ3v) is 2.53. The van der Waals surface area contributed by atoms with Gasteiger partial charge in [0.25, 0.3) is 0 Å². The maximum Gasteiger partial charge on any atom is 0.125 e. The van der Waals surface area contributed by atoms with Crippen molar-refractivity contribution < 1.29 is 4.39 Å². The summed E-state index contributed by atoms with van der Waals surface area (Å²) < 4.78 is 13.0. The van der Waals surface area contributed by atoms with Crippen LogP contribution in [0.4, 0.5) is 10.1 Å². The molecule has 0 heterocycles. The molecule has 0 radical (unpaired) electrons. The average molecular weight is 215 g/mol. The second kappa shape index (κ2) is 4.79. The average Bonchev–Trinajstić information content (AvgIpc) is 2.32. The summed E-state index contributed by atoms with van der Waals surface area (Å²) in [6.07, 6.45) is 0. The number of hydrogen-bond acceptors (Lipinski definition) is 1. The number of nitrogens with one attached hydrogen (secondary N) is 1. The van der Waals surface area contributed by atoms with E-state index < -0.39 is 0 Å². The maximum absolute atomic E-state index is 13.0. The van der Waals surface area contributed by atoms with E-state index in [0.717, 1.165) is 11.3 Å². The van der Waals surface area contributed by atoms with Gasteiger partial charge >= 0.3 is 0 Å². The van der Waals surface area contributed by atoms with Crippen LogP contribution in [0.2, 0.25) is 0 Å². The van der Waals surface area contributed by atoms with Crippen LogP contribution in [0.25, 0.3) is 0 Å². The van der Waals surface area contributed by atoms with Crippen molar-refractivity contribution in [3.8, 4) is 0 Å². The summed E-state index contributed by atoms with van der Waals surface area (Å²) in [5, 5.41) is 3.23. The predicted octanol–water partition coefficient (Wildman–Crippen LogP) is 3.75. The first-order chi connectivity index (χ1) is 7.75. The standard InChI is InChI=1S/C14H14FN/c1-11-7-8-13(15)9-14(11)16-10-12-5-3-2-4-6-12/h2-9,16H,10H2,1H3. The Morgan fingerprint density at radius 2 is 1.81 bits per heavy atom. The highest BCUT2D eigenvalue weighted by Crippen LogP contribution is 2.16. The molecule has 0 fully saturated rings. The molecule has 16 heavy (non-hydrogen) atoms. The minimum Gasteiger partial charge on any atom is -0.381 e. The summed E-state index contributed by atoms with van der Waals surface area (Å²) in [4.78, 5) is 0. The van der Waals surface area contributed by atoms with Gasteiger partial charge in [-0.25, -0.2) is 4.39 Å². The summed E-state index contributed by atoms with van der Waals surface area (Å²) in [5.74, 6) is -0.207. The lowest BCUT2D eigenvalue weighted by molar-refractivity contribution is 0.628. The van der Waals surface area contributed by atoms with E-state index in [9.17, 15) is 4.39 Å². The molecular weight excluding hydrogens is 201 g/mol. The van der Waals surface area contributed by atoms with Crippen LogP contribution in [-0.4, -0.2) is 0 Å². The minimum absolute atomic E-state index is 0.207. The van der Waals surface area contributed by atoms with Gasteiger partial charge < -0.3 is 5.32 Å². The fraction of sp³-hybridized carbons (Fsp3) is 0.143. The van der Waals surface area contributed by atoms with E-state index in [1.54, 1.807) is 6.07 Å². The lowest BCUT2D eigenvalue weighted by atomic mass is 10.1. The SMILES string of the molecule is Cc1ccc(F)cc1NCc1ccccc1. The molecular formula is C14H14FN. The molecule has 1 N–H and O–H groups in total. The largest absolute Gasteiger partial charge is 0.381 e. The predicted molar refractivity (Wildman–Crippen MR) is 64.9 cm³/mol. The molecule has 2 aromatic carbocycles. The van der Waals surface area contributed by atoms with Crippen LogP contribution < -0.4 is 5.32 Å². The van der Waals surface area contributed by atoms with Crippen molar-refractivity contribution in [3.05, 3.63) is 65.5 Å². The van der Waals surface area contributed by atoms with Gasteiger partial charge in [0.15, 0.2) is 0 Å². The van der Waals surface area contributed by atoms with Crippen LogP contribution in [-0.2, 0) is 6.54 Å². The summed E-state index contributed by atoms with van der Waals surface area (Å²) in [7, 11) is 0. The zero-order chi connectivity index (χ0) is 11.4. The fourth-order valence-electron chi connectivity index (χ4n) is 1.58. The smallest absolute Gasteiger partial charge is 0.125 e. The Morgan fingerprint density at radius 3 is 2.56 bits per heavy atom. The van der Waals surface area contributed by atoms with Gasteiger partial charge in [-0.05, 0) is 30.2 Å². The lowest BCUT2D eigenvalue weighted by Crippen LogP contribution is -2.01. The summed E-state index contributed by atoms with van der Waals surface area (Å²) in [6, 6.07) is 14.8. The Kier molecular flexibility index (Phi) is 3.20. The van der Waals surface area contributed by atoms with Gasteiger partial charge in [-0.3, -0.25) is 0 Å². The topological polar surface area (TPSA) is 12.0 Å². The Balaban J connectivity index is 2.08. The van der Waals surface area contributed by atoms with Gasteiger partial charge in [0.1, 0.15) is 5.82 Å². The van der Waals surface area contributed by atoms with Crippen LogP contribution >= 0.6 is 0 Å². The summed E-state index contributed by atoms with van der Waals surface area (Å²) in [5.41, 5.74) is 3.09. The molecule has 0 aliphatic rings. The second-order valence-electron chi connectivity index (χ2n) is 3.80. The van der Waals surface area contributed by atoms with Crippen molar-refractivity contribution in [2.45, 2.75) is 13.5 Å². The van der Waals surface area contributed by atoms with Crippen LogP contribution in [0.15, 0.2) is 48.5 Å². The molecule has 82 valence electrons. The monoisotopic (exact) mass is 215 g/mol. The van der Waals surface area contributed by atoms with Crippen LogP contribution in [0.3, 0.4) is 0 Å². The molecule has 2 rings (SSSR count). The highest BCUT2D eigenvalue weighted by molar-refractivity contribution is 5.50. The van der Waals surface area contributed by atoms with Crippen LogP contribution in [0.5, 0.6) is 0 Å². The highest BCUT2D eigenvalue weighted by atomic mass is 19.1. The van der Waals surface area contributed by atoms with E-state index in [-0.39, 0.29) is 5.82 Å².